The number of anilines is 1. The molecule has 1 aromatic heterocycles. The molecule has 8 nitrogen and oxygen atoms in total. The van der Waals surface area contributed by atoms with Crippen LogP contribution in [0.15, 0.2) is 30.3 Å². The maximum atomic E-state index is 16.9. The molecule has 4 aliphatic rings. The lowest BCUT2D eigenvalue weighted by Gasteiger charge is -2.34. The standard InChI is InChI=1S/C34H36ClF2N5O3/c1-2-22-26(36)7-4-18-12-21(43)13-23(29(18)22)30-25(35)14-24-32(31(30)37)39-34(40-33(24)42-16-19-5-6-20(17-42)38-19)45-10-3-8-41-9-11-44-28-15-27(28)41/h4,7,12-14,19-20,27-28,38,43H,2-3,5-6,8-11,15-17H2,1H3. The van der Waals surface area contributed by atoms with Crippen molar-refractivity contribution < 1.29 is 23.4 Å². The van der Waals surface area contributed by atoms with Crippen LogP contribution in [-0.2, 0) is 11.2 Å². The van der Waals surface area contributed by atoms with Gasteiger partial charge < -0.3 is 24.8 Å². The molecule has 11 heteroatoms. The van der Waals surface area contributed by atoms with Crippen LogP contribution in [0.3, 0.4) is 0 Å². The van der Waals surface area contributed by atoms with Gasteiger partial charge in [-0.25, -0.2) is 8.78 Å². The number of phenols is 1. The number of nitrogens with zero attached hydrogens (tertiary/aromatic N) is 4. The number of ether oxygens (including phenoxy) is 2. The number of aromatic hydroxyl groups is 1. The van der Waals surface area contributed by atoms with E-state index in [0.29, 0.717) is 70.4 Å². The van der Waals surface area contributed by atoms with Crippen molar-refractivity contribution in [3.05, 3.63) is 52.6 Å². The summed E-state index contributed by atoms with van der Waals surface area (Å²) in [7, 11) is 0. The summed E-state index contributed by atoms with van der Waals surface area (Å²) in [6.45, 7) is 6.28. The minimum Gasteiger partial charge on any atom is -0.508 e. The summed E-state index contributed by atoms with van der Waals surface area (Å²) >= 11 is 6.90. The molecule has 0 spiro atoms. The lowest BCUT2D eigenvalue weighted by molar-refractivity contribution is 0.0292. The second kappa shape index (κ2) is 11.5. The zero-order chi connectivity index (χ0) is 30.8. The predicted molar refractivity (Wildman–Crippen MR) is 170 cm³/mol. The van der Waals surface area contributed by atoms with E-state index < -0.39 is 11.6 Å². The van der Waals surface area contributed by atoms with Crippen molar-refractivity contribution in [2.24, 2.45) is 0 Å². The van der Waals surface area contributed by atoms with E-state index in [4.69, 9.17) is 26.1 Å². The molecule has 0 amide bonds. The zero-order valence-corrected chi connectivity index (χ0v) is 25.9. The second-order valence-corrected chi connectivity index (χ2v) is 13.1. The zero-order valence-electron chi connectivity index (χ0n) is 25.2. The molecule has 4 unspecified atom stereocenters. The number of aryl methyl sites for hydroxylation is 1. The molecule has 4 atom stereocenters. The second-order valence-electron chi connectivity index (χ2n) is 12.7. The molecule has 0 radical (unpaired) electrons. The first kappa shape index (κ1) is 29.1. The largest absolute Gasteiger partial charge is 0.508 e. The Morgan fingerprint density at radius 1 is 1.13 bits per heavy atom. The number of rotatable bonds is 8. The van der Waals surface area contributed by atoms with Gasteiger partial charge in [-0.2, -0.15) is 9.97 Å². The number of morpholine rings is 1. The fourth-order valence-corrected chi connectivity index (χ4v) is 7.94. The Morgan fingerprint density at radius 2 is 1.96 bits per heavy atom. The molecule has 3 saturated heterocycles. The SMILES string of the molecule is CCc1c(F)ccc2cc(O)cc(-c3c(Cl)cc4c(N5CC6CCC(C5)N6)nc(OCCCN5CCOC6CC65)nc4c3F)c12. The van der Waals surface area contributed by atoms with Gasteiger partial charge in [0.1, 0.15) is 22.9 Å². The Bertz CT molecular complexity index is 1800. The van der Waals surface area contributed by atoms with Gasteiger partial charge >= 0.3 is 6.01 Å². The lowest BCUT2D eigenvalue weighted by atomic mass is 9.92. The number of piperazine rings is 1. The van der Waals surface area contributed by atoms with Crippen LogP contribution in [0.5, 0.6) is 11.8 Å². The molecule has 8 rings (SSSR count). The Labute approximate surface area is 265 Å². The predicted octanol–water partition coefficient (Wildman–Crippen LogP) is 5.83. The monoisotopic (exact) mass is 635 g/mol. The van der Waals surface area contributed by atoms with Gasteiger partial charge in [-0.1, -0.05) is 24.6 Å². The fourth-order valence-electron chi connectivity index (χ4n) is 7.64. The van der Waals surface area contributed by atoms with Crippen molar-refractivity contribution in [2.75, 3.05) is 44.3 Å². The van der Waals surface area contributed by atoms with E-state index >= 15 is 4.39 Å². The number of nitrogens with one attached hydrogen (secondary N) is 1. The van der Waals surface area contributed by atoms with E-state index in [2.05, 4.69) is 20.1 Å². The first-order valence-corrected chi connectivity index (χ1v) is 16.4. The summed E-state index contributed by atoms with van der Waals surface area (Å²) in [5.74, 6) is -0.522. The molecule has 2 bridgehead atoms. The van der Waals surface area contributed by atoms with Crippen LogP contribution in [0.2, 0.25) is 5.02 Å². The third-order valence-corrected chi connectivity index (χ3v) is 10.1. The first-order chi connectivity index (χ1) is 21.9. The number of hydrogen-bond acceptors (Lipinski definition) is 8. The highest BCUT2D eigenvalue weighted by atomic mass is 35.5. The Kier molecular flexibility index (Phi) is 7.43. The molecule has 3 aliphatic heterocycles. The Morgan fingerprint density at radius 3 is 2.76 bits per heavy atom. The quantitative estimate of drug-likeness (QED) is 0.234. The van der Waals surface area contributed by atoms with E-state index in [-0.39, 0.29) is 27.9 Å². The van der Waals surface area contributed by atoms with Gasteiger partial charge in [0.25, 0.3) is 0 Å². The van der Waals surface area contributed by atoms with E-state index in [0.717, 1.165) is 58.5 Å². The lowest BCUT2D eigenvalue weighted by Crippen LogP contribution is -2.51. The van der Waals surface area contributed by atoms with Crippen molar-refractivity contribution in [3.63, 3.8) is 0 Å². The average Bonchev–Trinajstić information content (AvgIpc) is 3.76. The fraction of sp³-hybridized carbons (Fsp3) is 0.471. The van der Waals surface area contributed by atoms with Gasteiger partial charge in [0, 0.05) is 55.3 Å². The van der Waals surface area contributed by atoms with E-state index in [1.165, 1.54) is 12.1 Å². The number of hydrogen-bond donors (Lipinski definition) is 2. The third kappa shape index (κ3) is 5.25. The van der Waals surface area contributed by atoms with E-state index in [1.807, 2.05) is 6.92 Å². The highest BCUT2D eigenvalue weighted by molar-refractivity contribution is 6.35. The van der Waals surface area contributed by atoms with Crippen LogP contribution in [-0.4, -0.2) is 83.6 Å². The van der Waals surface area contributed by atoms with E-state index in [1.54, 1.807) is 18.2 Å². The summed E-state index contributed by atoms with van der Waals surface area (Å²) in [5, 5.41) is 16.0. The summed E-state index contributed by atoms with van der Waals surface area (Å²) in [4.78, 5) is 14.1. The molecule has 1 saturated carbocycles. The third-order valence-electron chi connectivity index (χ3n) is 9.83. The van der Waals surface area contributed by atoms with Crippen LogP contribution in [0.4, 0.5) is 14.6 Å². The maximum absolute atomic E-state index is 16.9. The van der Waals surface area contributed by atoms with Crippen molar-refractivity contribution in [1.82, 2.24) is 20.2 Å². The molecule has 236 valence electrons. The van der Waals surface area contributed by atoms with Gasteiger partial charge in [0.15, 0.2) is 5.82 Å². The normalized spacial score (nSPS) is 24.4. The van der Waals surface area contributed by atoms with Crippen LogP contribution in [0, 0.1) is 11.6 Å². The number of halogens is 3. The number of fused-ring (bicyclic) bond motifs is 5. The van der Waals surface area contributed by atoms with Crippen LogP contribution in [0.1, 0.15) is 38.2 Å². The first-order valence-electron chi connectivity index (χ1n) is 16.0. The number of aromatic nitrogens is 2. The molecular weight excluding hydrogens is 600 g/mol. The molecule has 1 aliphatic carbocycles. The minimum absolute atomic E-state index is 0.0626. The summed E-state index contributed by atoms with van der Waals surface area (Å²) in [5.41, 5.74) is 0.893. The number of phenolic OH excluding ortho intramolecular Hbond substituents is 1. The summed E-state index contributed by atoms with van der Waals surface area (Å²) in [6.07, 6.45) is 4.80. The van der Waals surface area contributed by atoms with Crippen molar-refractivity contribution in [1.29, 1.82) is 0 Å². The molecule has 3 aromatic carbocycles. The van der Waals surface area contributed by atoms with Crippen molar-refractivity contribution in [2.45, 2.75) is 63.3 Å². The molecule has 4 aromatic rings. The van der Waals surface area contributed by atoms with Crippen molar-refractivity contribution >= 4 is 39.1 Å². The van der Waals surface area contributed by atoms with Gasteiger partial charge in [-0.3, -0.25) is 4.90 Å². The van der Waals surface area contributed by atoms with Crippen LogP contribution < -0.4 is 15.0 Å². The van der Waals surface area contributed by atoms with Crippen molar-refractivity contribution in [3.8, 4) is 22.9 Å². The van der Waals surface area contributed by atoms with Gasteiger partial charge in [0.05, 0.1) is 24.3 Å². The molecular formula is C34H36ClF2N5O3. The molecule has 2 N–H and O–H groups in total. The van der Waals surface area contributed by atoms with Gasteiger partial charge in [0.2, 0.25) is 0 Å². The Balaban J connectivity index is 1.21. The maximum Gasteiger partial charge on any atom is 0.319 e. The Hall–Kier alpha value is -3.31. The minimum atomic E-state index is -0.657. The van der Waals surface area contributed by atoms with Gasteiger partial charge in [-0.15, -0.1) is 0 Å². The molecule has 4 fully saturated rings. The highest BCUT2D eigenvalue weighted by Crippen LogP contribution is 2.44. The summed E-state index contributed by atoms with van der Waals surface area (Å²) < 4.78 is 43.8. The van der Waals surface area contributed by atoms with E-state index in [9.17, 15) is 9.50 Å². The topological polar surface area (TPSA) is 83.0 Å². The highest BCUT2D eigenvalue weighted by Gasteiger charge is 2.45. The average molecular weight is 636 g/mol. The molecule has 45 heavy (non-hydrogen) atoms. The molecule has 4 heterocycles. The smallest absolute Gasteiger partial charge is 0.319 e. The van der Waals surface area contributed by atoms with Crippen LogP contribution >= 0.6 is 11.6 Å². The van der Waals surface area contributed by atoms with Crippen LogP contribution in [0.25, 0.3) is 32.8 Å². The van der Waals surface area contributed by atoms with Gasteiger partial charge in [-0.05, 0) is 78.3 Å². The summed E-state index contributed by atoms with van der Waals surface area (Å²) in [6, 6.07) is 8.94. The number of benzene rings is 3.